The lowest BCUT2D eigenvalue weighted by Gasteiger charge is -2.29. The lowest BCUT2D eigenvalue weighted by molar-refractivity contribution is -0.275. The molecule has 2 aromatic carbocycles. The number of nitrogens with zero attached hydrogens (tertiary/aromatic N) is 3. The van der Waals surface area contributed by atoms with Crippen LogP contribution in [0.2, 0.25) is 10.0 Å². The second kappa shape index (κ2) is 8.99. The summed E-state index contributed by atoms with van der Waals surface area (Å²) in [5.41, 5.74) is -1.91. The molecule has 0 saturated carbocycles. The Morgan fingerprint density at radius 2 is 1.94 bits per heavy atom. The molecule has 2 aromatic rings. The van der Waals surface area contributed by atoms with Gasteiger partial charge in [-0.3, -0.25) is 9.69 Å². The van der Waals surface area contributed by atoms with Gasteiger partial charge in [0, 0.05) is 40.2 Å². The third-order valence-corrected chi connectivity index (χ3v) is 5.47. The number of benzene rings is 2. The van der Waals surface area contributed by atoms with E-state index < -0.39 is 24.1 Å². The van der Waals surface area contributed by atoms with Gasteiger partial charge in [0.1, 0.15) is 13.4 Å². The van der Waals surface area contributed by atoms with Crippen molar-refractivity contribution in [2.75, 3.05) is 14.2 Å². The Balaban J connectivity index is 2.00. The third-order valence-electron chi connectivity index (χ3n) is 5.04. The highest BCUT2D eigenvalue weighted by Gasteiger charge is 2.62. The minimum atomic E-state index is -4.82. The first-order chi connectivity index (χ1) is 15.0. The Labute approximate surface area is 192 Å². The molecule has 0 N–H and O–H groups in total. The van der Waals surface area contributed by atoms with E-state index in [1.54, 1.807) is 25.1 Å². The summed E-state index contributed by atoms with van der Waals surface area (Å²) in [7, 11) is 2.81. The largest absolute Gasteiger partial charge is 0.435 e. The first-order valence-corrected chi connectivity index (χ1v) is 9.98. The first-order valence-electron chi connectivity index (χ1n) is 9.22. The maximum Gasteiger partial charge on any atom is 0.435 e. The van der Waals surface area contributed by atoms with E-state index in [4.69, 9.17) is 28.0 Å². The lowest BCUT2D eigenvalue weighted by atomic mass is 9.85. The average Bonchev–Trinajstić information content (AvgIpc) is 3.17. The number of hydrogen-bond donors (Lipinski definition) is 0. The standard InChI is InChI=1S/C21H18Cl2F3N3O3/c1-12-16(5-4-6-17(12)19(30)29(2)11-27-31-3)18-10-20(32-28-18,21(24,25)26)13-7-14(22)9-15(23)8-13/h4-9,11H,10H2,1-3H3. The monoisotopic (exact) mass is 487 g/mol. The summed E-state index contributed by atoms with van der Waals surface area (Å²) in [6.07, 6.45) is -4.25. The highest BCUT2D eigenvalue weighted by Crippen LogP contribution is 2.50. The molecule has 0 saturated heterocycles. The Kier molecular flexibility index (Phi) is 6.71. The van der Waals surface area contributed by atoms with Crippen LogP contribution in [0.3, 0.4) is 0 Å². The summed E-state index contributed by atoms with van der Waals surface area (Å²) in [4.78, 5) is 23.5. The molecule has 1 amide bonds. The minimum Gasteiger partial charge on any atom is -0.398 e. The molecule has 0 aromatic heterocycles. The highest BCUT2D eigenvalue weighted by atomic mass is 35.5. The molecular weight excluding hydrogens is 470 g/mol. The van der Waals surface area contributed by atoms with Gasteiger partial charge < -0.3 is 9.68 Å². The number of carbonyl (C=O) groups excluding carboxylic acids is 1. The van der Waals surface area contributed by atoms with E-state index in [0.29, 0.717) is 11.1 Å². The fourth-order valence-corrected chi connectivity index (χ4v) is 3.90. The second-order valence-electron chi connectivity index (χ2n) is 7.09. The summed E-state index contributed by atoms with van der Waals surface area (Å²) in [5.74, 6) is -0.423. The molecule has 1 aliphatic heterocycles. The van der Waals surface area contributed by atoms with E-state index in [-0.39, 0.29) is 26.9 Å². The van der Waals surface area contributed by atoms with Gasteiger partial charge in [0.25, 0.3) is 11.5 Å². The van der Waals surface area contributed by atoms with Crippen LogP contribution >= 0.6 is 23.2 Å². The van der Waals surface area contributed by atoms with E-state index in [1.165, 1.54) is 31.5 Å². The van der Waals surface area contributed by atoms with E-state index >= 15 is 0 Å². The van der Waals surface area contributed by atoms with Crippen molar-refractivity contribution in [2.45, 2.75) is 25.1 Å². The molecule has 0 aliphatic carbocycles. The summed E-state index contributed by atoms with van der Waals surface area (Å²) in [6.45, 7) is 1.62. The summed E-state index contributed by atoms with van der Waals surface area (Å²) in [5, 5.41) is 7.37. The van der Waals surface area contributed by atoms with E-state index in [1.807, 2.05) is 0 Å². The Bertz CT molecular complexity index is 1090. The molecule has 0 radical (unpaired) electrons. The van der Waals surface area contributed by atoms with Crippen molar-refractivity contribution in [3.63, 3.8) is 0 Å². The van der Waals surface area contributed by atoms with Crippen LogP contribution in [0.25, 0.3) is 0 Å². The van der Waals surface area contributed by atoms with Crippen molar-refractivity contribution in [1.29, 1.82) is 0 Å². The number of carbonyl (C=O) groups is 1. The normalized spacial score (nSPS) is 18.4. The van der Waals surface area contributed by atoms with E-state index in [9.17, 15) is 18.0 Å². The predicted octanol–water partition coefficient (Wildman–Crippen LogP) is 5.55. The predicted molar refractivity (Wildman–Crippen MR) is 115 cm³/mol. The van der Waals surface area contributed by atoms with Crippen molar-refractivity contribution in [2.24, 2.45) is 10.3 Å². The maximum absolute atomic E-state index is 14.2. The van der Waals surface area contributed by atoms with Crippen LogP contribution in [0.5, 0.6) is 0 Å². The quantitative estimate of drug-likeness (QED) is 0.315. The molecular formula is C21H18Cl2F3N3O3. The first kappa shape index (κ1) is 23.9. The van der Waals surface area contributed by atoms with Crippen LogP contribution in [0.1, 0.15) is 33.5 Å². The molecule has 11 heteroatoms. The van der Waals surface area contributed by atoms with E-state index in [0.717, 1.165) is 12.1 Å². The number of halogens is 5. The fraction of sp³-hybridized carbons (Fsp3) is 0.286. The zero-order chi connectivity index (χ0) is 23.7. The molecule has 32 heavy (non-hydrogen) atoms. The fourth-order valence-electron chi connectivity index (χ4n) is 3.38. The van der Waals surface area contributed by atoms with Crippen LogP contribution in [-0.4, -0.2) is 43.2 Å². The smallest absolute Gasteiger partial charge is 0.398 e. The van der Waals surface area contributed by atoms with Crippen molar-refractivity contribution in [3.05, 3.63) is 68.7 Å². The summed E-state index contributed by atoms with van der Waals surface area (Å²) < 4.78 is 42.6. The van der Waals surface area contributed by atoms with Gasteiger partial charge in [0.2, 0.25) is 0 Å². The molecule has 0 bridgehead atoms. The van der Waals surface area contributed by atoms with E-state index in [2.05, 4.69) is 15.1 Å². The SMILES string of the molecule is CON=CN(C)C(=O)c1cccc(C2=NOC(c3cc(Cl)cc(Cl)c3)(C(F)(F)F)C2)c1C. The van der Waals surface area contributed by atoms with Gasteiger partial charge in [0.15, 0.2) is 0 Å². The van der Waals surface area contributed by atoms with Crippen molar-refractivity contribution < 1.29 is 27.6 Å². The zero-order valence-electron chi connectivity index (χ0n) is 17.2. The number of oxime groups is 2. The van der Waals surface area contributed by atoms with Gasteiger partial charge in [-0.1, -0.05) is 45.6 Å². The van der Waals surface area contributed by atoms with Crippen LogP contribution in [0.4, 0.5) is 13.2 Å². The Morgan fingerprint density at radius 1 is 1.28 bits per heavy atom. The number of alkyl halides is 3. The van der Waals surface area contributed by atoms with Gasteiger partial charge in [-0.05, 0) is 36.8 Å². The molecule has 1 unspecified atom stereocenters. The van der Waals surface area contributed by atoms with Crippen LogP contribution in [0.15, 0.2) is 46.7 Å². The molecule has 170 valence electrons. The molecule has 1 heterocycles. The topological polar surface area (TPSA) is 63.5 Å². The molecule has 1 aliphatic rings. The van der Waals surface area contributed by atoms with Gasteiger partial charge in [-0.15, -0.1) is 0 Å². The van der Waals surface area contributed by atoms with Crippen LogP contribution < -0.4 is 0 Å². The average molecular weight is 488 g/mol. The van der Waals surface area contributed by atoms with Gasteiger partial charge in [0.05, 0.1) is 5.71 Å². The molecule has 3 rings (SSSR count). The van der Waals surface area contributed by atoms with Crippen LogP contribution in [-0.2, 0) is 15.3 Å². The molecule has 0 fully saturated rings. The van der Waals surface area contributed by atoms with Gasteiger partial charge >= 0.3 is 6.18 Å². The second-order valence-corrected chi connectivity index (χ2v) is 7.96. The number of rotatable bonds is 5. The number of hydrogen-bond acceptors (Lipinski definition) is 5. The lowest BCUT2D eigenvalue weighted by Crippen LogP contribution is -2.42. The molecule has 0 spiro atoms. The highest BCUT2D eigenvalue weighted by molar-refractivity contribution is 6.34. The minimum absolute atomic E-state index is 0.0395. The third kappa shape index (κ3) is 4.40. The Morgan fingerprint density at radius 3 is 2.53 bits per heavy atom. The van der Waals surface area contributed by atoms with Crippen molar-refractivity contribution in [1.82, 2.24) is 4.90 Å². The molecule has 1 atom stereocenters. The van der Waals surface area contributed by atoms with Gasteiger partial charge in [-0.2, -0.15) is 13.2 Å². The van der Waals surface area contributed by atoms with Gasteiger partial charge in [-0.25, -0.2) is 0 Å². The van der Waals surface area contributed by atoms with Crippen molar-refractivity contribution in [3.8, 4) is 0 Å². The summed E-state index contributed by atoms with van der Waals surface area (Å²) >= 11 is 11.9. The van der Waals surface area contributed by atoms with Crippen molar-refractivity contribution >= 4 is 41.2 Å². The maximum atomic E-state index is 14.2. The zero-order valence-corrected chi connectivity index (χ0v) is 18.7. The molecule has 6 nitrogen and oxygen atoms in total. The summed E-state index contributed by atoms with van der Waals surface area (Å²) in [6, 6.07) is 8.32. The number of amides is 1. The Hall–Kier alpha value is -2.78. The van der Waals surface area contributed by atoms with Crippen LogP contribution in [0, 0.1) is 6.92 Å².